The van der Waals surface area contributed by atoms with Gasteiger partial charge in [-0.15, -0.1) is 0 Å². The number of aryl methyl sites for hydroxylation is 1. The molecule has 1 aliphatic heterocycles. The van der Waals surface area contributed by atoms with Gasteiger partial charge in [0.25, 0.3) is 11.8 Å². The molecule has 0 unspecified atom stereocenters. The van der Waals surface area contributed by atoms with E-state index in [0.29, 0.717) is 22.6 Å². The molecule has 2 amide bonds. The first-order valence-electron chi connectivity index (χ1n) is 10.8. The van der Waals surface area contributed by atoms with Gasteiger partial charge in [0.2, 0.25) is 0 Å². The highest BCUT2D eigenvalue weighted by Gasteiger charge is 2.29. The van der Waals surface area contributed by atoms with Crippen molar-refractivity contribution in [2.24, 2.45) is 0 Å². The predicted molar refractivity (Wildman–Crippen MR) is 122 cm³/mol. The molecular weight excluding hydrogens is 408 g/mol. The predicted octanol–water partition coefficient (Wildman–Crippen LogP) is 4.20. The molecule has 0 bridgehead atoms. The largest absolute Gasteiger partial charge is 0.484 e. The molecule has 2 atom stereocenters. The van der Waals surface area contributed by atoms with Crippen LogP contribution in [0.15, 0.2) is 42.5 Å². The third-order valence-corrected chi connectivity index (χ3v) is 5.87. The van der Waals surface area contributed by atoms with Crippen molar-refractivity contribution >= 4 is 23.5 Å². The van der Waals surface area contributed by atoms with Gasteiger partial charge in [0.05, 0.1) is 12.7 Å². The second-order valence-electron chi connectivity index (χ2n) is 8.22. The van der Waals surface area contributed by atoms with Crippen LogP contribution in [0.25, 0.3) is 0 Å². The van der Waals surface area contributed by atoms with Crippen molar-refractivity contribution in [3.05, 3.63) is 59.2 Å². The van der Waals surface area contributed by atoms with E-state index in [1.165, 1.54) is 7.11 Å². The van der Waals surface area contributed by atoms with Crippen molar-refractivity contribution in [2.75, 3.05) is 19.0 Å². The quantitative estimate of drug-likeness (QED) is 0.683. The minimum Gasteiger partial charge on any atom is -0.484 e. The van der Waals surface area contributed by atoms with Gasteiger partial charge in [0.15, 0.2) is 6.61 Å². The Hall–Kier alpha value is -3.35. The lowest BCUT2D eigenvalue weighted by atomic mass is 9.97. The first-order valence-corrected chi connectivity index (χ1v) is 10.8. The summed E-state index contributed by atoms with van der Waals surface area (Å²) in [7, 11) is 1.31. The number of anilines is 1. The van der Waals surface area contributed by atoms with Gasteiger partial charge in [-0.2, -0.15) is 0 Å². The second-order valence-corrected chi connectivity index (χ2v) is 8.22. The molecule has 170 valence electrons. The third-order valence-electron chi connectivity index (χ3n) is 5.87. The van der Waals surface area contributed by atoms with E-state index < -0.39 is 5.97 Å². The Balaban J connectivity index is 1.60. The van der Waals surface area contributed by atoms with E-state index in [-0.39, 0.29) is 30.5 Å². The van der Waals surface area contributed by atoms with E-state index in [9.17, 15) is 14.4 Å². The van der Waals surface area contributed by atoms with Crippen LogP contribution < -0.4 is 10.1 Å². The lowest BCUT2D eigenvalue weighted by Gasteiger charge is -2.38. The Bertz CT molecular complexity index is 976. The van der Waals surface area contributed by atoms with E-state index in [1.807, 2.05) is 11.8 Å². The number of hydrogen-bond donors (Lipinski definition) is 1. The lowest BCUT2D eigenvalue weighted by Crippen LogP contribution is -2.49. The fraction of sp³-hybridized carbons (Fsp3) is 0.400. The number of carbonyl (C=O) groups excluding carboxylic acids is 3. The maximum absolute atomic E-state index is 12.6. The molecule has 1 N–H and O–H groups in total. The van der Waals surface area contributed by atoms with E-state index in [2.05, 4.69) is 19.2 Å². The SMILES string of the molecule is COC(=O)c1ccc(C)c(NC(=O)c2ccc(OCC(=O)N3[C@H](C)CCC[C@H]3C)cc2)c1. The monoisotopic (exact) mass is 438 g/mol. The number of amides is 2. The van der Waals surface area contributed by atoms with Crippen molar-refractivity contribution in [3.8, 4) is 5.75 Å². The Kier molecular flexibility index (Phi) is 7.51. The Labute approximate surface area is 188 Å². The van der Waals surface area contributed by atoms with Gasteiger partial charge in [0, 0.05) is 23.3 Å². The highest BCUT2D eigenvalue weighted by molar-refractivity contribution is 6.05. The summed E-state index contributed by atoms with van der Waals surface area (Å²) in [5.74, 6) is -0.276. The summed E-state index contributed by atoms with van der Waals surface area (Å²) in [6.07, 6.45) is 3.17. The molecule has 1 aliphatic rings. The molecule has 3 rings (SSSR count). The molecule has 1 fully saturated rings. The number of rotatable bonds is 6. The van der Waals surface area contributed by atoms with Gasteiger partial charge >= 0.3 is 5.97 Å². The molecule has 2 aromatic carbocycles. The number of carbonyl (C=O) groups is 3. The van der Waals surface area contributed by atoms with Crippen LogP contribution in [0, 0.1) is 6.92 Å². The Morgan fingerprint density at radius 3 is 2.25 bits per heavy atom. The molecule has 0 spiro atoms. The molecule has 32 heavy (non-hydrogen) atoms. The number of esters is 1. The van der Waals surface area contributed by atoms with Gasteiger partial charge in [0.1, 0.15) is 5.75 Å². The van der Waals surface area contributed by atoms with Crippen molar-refractivity contribution in [3.63, 3.8) is 0 Å². The van der Waals surface area contributed by atoms with Gasteiger partial charge in [-0.05, 0) is 82.0 Å². The molecule has 1 heterocycles. The van der Waals surface area contributed by atoms with Crippen LogP contribution in [-0.2, 0) is 9.53 Å². The summed E-state index contributed by atoms with van der Waals surface area (Å²) >= 11 is 0. The standard InChI is InChI=1S/C25H30N2O5/c1-16-8-9-20(25(30)31-4)14-22(16)26-24(29)19-10-12-21(13-11-19)32-15-23(28)27-17(2)6-5-7-18(27)3/h8-14,17-18H,5-7,15H2,1-4H3,(H,26,29)/t17-,18-/m1/s1. The van der Waals surface area contributed by atoms with Crippen molar-refractivity contribution in [1.29, 1.82) is 0 Å². The first kappa shape index (κ1) is 23.3. The summed E-state index contributed by atoms with van der Waals surface area (Å²) in [4.78, 5) is 38.9. The normalized spacial score (nSPS) is 18.1. The molecule has 0 radical (unpaired) electrons. The number of piperidine rings is 1. The zero-order chi connectivity index (χ0) is 23.3. The number of ether oxygens (including phenoxy) is 2. The number of methoxy groups -OCH3 is 1. The van der Waals surface area contributed by atoms with E-state index in [1.54, 1.807) is 42.5 Å². The van der Waals surface area contributed by atoms with Crippen LogP contribution in [-0.4, -0.2) is 48.5 Å². The highest BCUT2D eigenvalue weighted by Crippen LogP contribution is 2.23. The average molecular weight is 439 g/mol. The van der Waals surface area contributed by atoms with Crippen molar-refractivity contribution < 1.29 is 23.9 Å². The molecule has 0 saturated carbocycles. The fourth-order valence-electron chi connectivity index (χ4n) is 4.03. The zero-order valence-electron chi connectivity index (χ0n) is 19.0. The fourth-order valence-corrected chi connectivity index (χ4v) is 4.03. The van der Waals surface area contributed by atoms with Crippen LogP contribution in [0.4, 0.5) is 5.69 Å². The third kappa shape index (κ3) is 5.46. The molecule has 0 aromatic heterocycles. The summed E-state index contributed by atoms with van der Waals surface area (Å²) < 4.78 is 10.4. The first-order chi connectivity index (χ1) is 15.3. The van der Waals surface area contributed by atoms with Crippen molar-refractivity contribution in [2.45, 2.75) is 52.1 Å². The second kappa shape index (κ2) is 10.3. The average Bonchev–Trinajstić information content (AvgIpc) is 2.78. The summed E-state index contributed by atoms with van der Waals surface area (Å²) in [5, 5.41) is 2.82. The van der Waals surface area contributed by atoms with Gasteiger partial charge in [-0.25, -0.2) is 4.79 Å². The number of hydrogen-bond acceptors (Lipinski definition) is 5. The molecular formula is C25H30N2O5. The van der Waals surface area contributed by atoms with Crippen LogP contribution >= 0.6 is 0 Å². The van der Waals surface area contributed by atoms with Crippen molar-refractivity contribution in [1.82, 2.24) is 4.90 Å². The topological polar surface area (TPSA) is 84.9 Å². The van der Waals surface area contributed by atoms with Crippen LogP contribution in [0.5, 0.6) is 5.75 Å². The van der Waals surface area contributed by atoms with E-state index >= 15 is 0 Å². The van der Waals surface area contributed by atoms with E-state index in [4.69, 9.17) is 9.47 Å². The maximum Gasteiger partial charge on any atom is 0.337 e. The number of benzene rings is 2. The van der Waals surface area contributed by atoms with Crippen LogP contribution in [0.2, 0.25) is 0 Å². The molecule has 7 nitrogen and oxygen atoms in total. The minimum atomic E-state index is -0.468. The Morgan fingerprint density at radius 2 is 1.62 bits per heavy atom. The number of nitrogens with one attached hydrogen (secondary N) is 1. The smallest absolute Gasteiger partial charge is 0.337 e. The molecule has 2 aromatic rings. The molecule has 7 heteroatoms. The highest BCUT2D eigenvalue weighted by atomic mass is 16.5. The zero-order valence-corrected chi connectivity index (χ0v) is 19.0. The minimum absolute atomic E-state index is 0.0208. The van der Waals surface area contributed by atoms with E-state index in [0.717, 1.165) is 24.8 Å². The lowest BCUT2D eigenvalue weighted by molar-refractivity contribution is -0.139. The molecule has 0 aliphatic carbocycles. The summed E-state index contributed by atoms with van der Waals surface area (Å²) in [5.41, 5.74) is 2.16. The summed E-state index contributed by atoms with van der Waals surface area (Å²) in [6.45, 7) is 5.96. The maximum atomic E-state index is 12.6. The van der Waals surface area contributed by atoms with Crippen LogP contribution in [0.1, 0.15) is 59.4 Å². The van der Waals surface area contributed by atoms with Gasteiger partial charge in [-0.3, -0.25) is 9.59 Å². The van der Waals surface area contributed by atoms with Gasteiger partial charge < -0.3 is 19.7 Å². The van der Waals surface area contributed by atoms with Gasteiger partial charge in [-0.1, -0.05) is 6.07 Å². The Morgan fingerprint density at radius 1 is 1.00 bits per heavy atom. The van der Waals surface area contributed by atoms with Crippen LogP contribution in [0.3, 0.4) is 0 Å². The number of likely N-dealkylation sites (tertiary alicyclic amines) is 1. The molecule has 1 saturated heterocycles. The summed E-state index contributed by atoms with van der Waals surface area (Å²) in [6, 6.07) is 12.1. The number of nitrogens with zero attached hydrogens (tertiary/aromatic N) is 1.